The Bertz CT molecular complexity index is 1120. The lowest BCUT2D eigenvalue weighted by atomic mass is 9.95. The number of nitro groups is 1. The van der Waals surface area contributed by atoms with Crippen molar-refractivity contribution in [3.05, 3.63) is 75.3 Å². The van der Waals surface area contributed by atoms with Crippen molar-refractivity contribution in [2.45, 2.75) is 39.7 Å². The monoisotopic (exact) mass is 495 g/mol. The van der Waals surface area contributed by atoms with Crippen LogP contribution in [0.3, 0.4) is 0 Å². The molecule has 9 heteroatoms. The molecule has 1 atom stereocenters. The first-order chi connectivity index (χ1) is 17.3. The van der Waals surface area contributed by atoms with E-state index < -0.39 is 22.7 Å². The van der Waals surface area contributed by atoms with Crippen LogP contribution in [0.4, 0.5) is 5.69 Å². The van der Waals surface area contributed by atoms with E-state index in [2.05, 4.69) is 11.8 Å². The maximum Gasteiger partial charge on any atom is 0.295 e. The molecule has 2 aromatic rings. The van der Waals surface area contributed by atoms with Crippen molar-refractivity contribution in [3.8, 4) is 5.75 Å². The molecule has 1 aliphatic rings. The van der Waals surface area contributed by atoms with Crippen molar-refractivity contribution in [3.63, 3.8) is 0 Å². The first-order valence-electron chi connectivity index (χ1n) is 12.3. The number of Topliss-reactive ketones (excluding diaryl/α,β-unsaturated/α-hetero) is 1. The highest BCUT2D eigenvalue weighted by Crippen LogP contribution is 2.40. The van der Waals surface area contributed by atoms with Crippen LogP contribution in [0.25, 0.3) is 5.76 Å². The Balaban J connectivity index is 2.06. The quantitative estimate of drug-likeness (QED) is 0.115. The zero-order valence-electron chi connectivity index (χ0n) is 21.0. The molecular formula is C27H33N3O6. The van der Waals surface area contributed by atoms with Crippen molar-refractivity contribution in [2.24, 2.45) is 0 Å². The smallest absolute Gasteiger partial charge is 0.295 e. The molecule has 0 radical (unpaired) electrons. The highest BCUT2D eigenvalue weighted by Gasteiger charge is 2.46. The number of rotatable bonds is 12. The Morgan fingerprint density at radius 1 is 1.11 bits per heavy atom. The van der Waals surface area contributed by atoms with Gasteiger partial charge in [0.1, 0.15) is 11.5 Å². The fourth-order valence-electron chi connectivity index (χ4n) is 4.25. The number of hydrogen-bond donors (Lipinski definition) is 1. The molecule has 1 fully saturated rings. The molecule has 0 aliphatic carbocycles. The van der Waals surface area contributed by atoms with Gasteiger partial charge in [0.15, 0.2) is 0 Å². The number of unbranched alkanes of at least 4 members (excludes halogenated alkanes) is 1. The van der Waals surface area contributed by atoms with Gasteiger partial charge in [0.05, 0.1) is 23.1 Å². The minimum atomic E-state index is -0.869. The highest BCUT2D eigenvalue weighted by atomic mass is 16.6. The van der Waals surface area contributed by atoms with E-state index >= 15 is 0 Å². The van der Waals surface area contributed by atoms with Gasteiger partial charge in [-0.3, -0.25) is 19.7 Å². The fourth-order valence-corrected chi connectivity index (χ4v) is 4.25. The third kappa shape index (κ3) is 5.91. The van der Waals surface area contributed by atoms with E-state index in [1.165, 1.54) is 29.2 Å². The molecule has 1 unspecified atom stereocenters. The Kier molecular flexibility index (Phi) is 9.19. The van der Waals surface area contributed by atoms with Gasteiger partial charge in [-0.15, -0.1) is 0 Å². The van der Waals surface area contributed by atoms with E-state index in [1.54, 1.807) is 24.3 Å². The molecule has 1 N–H and O–H groups in total. The third-order valence-corrected chi connectivity index (χ3v) is 6.39. The minimum absolute atomic E-state index is 0.0425. The van der Waals surface area contributed by atoms with Gasteiger partial charge in [-0.25, -0.2) is 0 Å². The molecule has 1 aliphatic heterocycles. The normalized spacial score (nSPS) is 17.1. The second kappa shape index (κ2) is 12.3. The number of aliphatic hydroxyl groups is 1. The predicted octanol–water partition coefficient (Wildman–Crippen LogP) is 4.54. The second-order valence-corrected chi connectivity index (χ2v) is 8.60. The molecule has 9 nitrogen and oxygen atoms in total. The molecular weight excluding hydrogens is 462 g/mol. The standard InChI is InChI=1S/C27H33N3O6/c1-4-7-17-36-22-10-8-9-20(18-22)25(31)23-24(19-11-13-21(14-12-19)30(34)35)29(27(33)26(23)32)16-15-28(5-2)6-3/h8-14,18,24,31H,4-7,15-17H2,1-3H3. The summed E-state index contributed by atoms with van der Waals surface area (Å²) >= 11 is 0. The molecule has 1 heterocycles. The number of nitrogens with zero attached hydrogens (tertiary/aromatic N) is 3. The van der Waals surface area contributed by atoms with E-state index in [0.29, 0.717) is 30.0 Å². The van der Waals surface area contributed by atoms with Gasteiger partial charge >= 0.3 is 0 Å². The topological polar surface area (TPSA) is 113 Å². The van der Waals surface area contributed by atoms with Gasteiger partial charge in [0.25, 0.3) is 17.4 Å². The molecule has 0 bridgehead atoms. The Hall–Kier alpha value is -3.72. The Morgan fingerprint density at radius 3 is 2.42 bits per heavy atom. The largest absolute Gasteiger partial charge is 0.507 e. The van der Waals surface area contributed by atoms with Crippen molar-refractivity contribution in [1.82, 2.24) is 9.80 Å². The molecule has 36 heavy (non-hydrogen) atoms. The van der Waals surface area contributed by atoms with E-state index in [9.17, 15) is 24.8 Å². The summed E-state index contributed by atoms with van der Waals surface area (Å²) in [4.78, 5) is 40.5. The summed E-state index contributed by atoms with van der Waals surface area (Å²) < 4.78 is 5.74. The van der Waals surface area contributed by atoms with Gasteiger partial charge in [-0.2, -0.15) is 0 Å². The van der Waals surface area contributed by atoms with Crippen LogP contribution in [0.15, 0.2) is 54.1 Å². The molecule has 0 saturated carbocycles. The zero-order chi connectivity index (χ0) is 26.2. The van der Waals surface area contributed by atoms with Crippen LogP contribution < -0.4 is 4.74 Å². The maximum absolute atomic E-state index is 13.2. The average Bonchev–Trinajstić information content (AvgIpc) is 3.14. The summed E-state index contributed by atoms with van der Waals surface area (Å²) in [5.41, 5.74) is 0.726. The number of carbonyl (C=O) groups excluding carboxylic acids is 2. The van der Waals surface area contributed by atoms with E-state index in [4.69, 9.17) is 4.74 Å². The summed E-state index contributed by atoms with van der Waals surface area (Å²) in [5, 5.41) is 22.4. The third-order valence-electron chi connectivity index (χ3n) is 6.39. The highest BCUT2D eigenvalue weighted by molar-refractivity contribution is 6.46. The van der Waals surface area contributed by atoms with E-state index in [0.717, 1.165) is 25.9 Å². The van der Waals surface area contributed by atoms with E-state index in [-0.39, 0.29) is 23.6 Å². The van der Waals surface area contributed by atoms with Crippen LogP contribution >= 0.6 is 0 Å². The van der Waals surface area contributed by atoms with Crippen LogP contribution in [0, 0.1) is 10.1 Å². The van der Waals surface area contributed by atoms with Gasteiger partial charge in [0.2, 0.25) is 0 Å². The van der Waals surface area contributed by atoms with Crippen molar-refractivity contribution in [1.29, 1.82) is 0 Å². The first kappa shape index (κ1) is 26.9. The van der Waals surface area contributed by atoms with Crippen molar-refractivity contribution < 1.29 is 24.4 Å². The minimum Gasteiger partial charge on any atom is -0.507 e. The SMILES string of the molecule is CCCCOc1cccc(C(O)=C2C(=O)C(=O)N(CCN(CC)CC)C2c2ccc([N+](=O)[O-])cc2)c1. The molecule has 1 amide bonds. The molecule has 3 rings (SSSR count). The van der Waals surface area contributed by atoms with Gasteiger partial charge in [0, 0.05) is 30.8 Å². The van der Waals surface area contributed by atoms with Crippen molar-refractivity contribution in [2.75, 3.05) is 32.8 Å². The molecule has 1 saturated heterocycles. The van der Waals surface area contributed by atoms with Crippen LogP contribution in [-0.4, -0.2) is 64.3 Å². The summed E-state index contributed by atoms with van der Waals surface area (Å²) in [7, 11) is 0. The number of aliphatic hydroxyl groups excluding tert-OH is 1. The molecule has 0 aromatic heterocycles. The lowest BCUT2D eigenvalue weighted by Gasteiger charge is -2.28. The van der Waals surface area contributed by atoms with E-state index in [1.807, 2.05) is 13.8 Å². The Labute approximate surface area is 211 Å². The predicted molar refractivity (Wildman–Crippen MR) is 137 cm³/mol. The molecule has 2 aromatic carbocycles. The second-order valence-electron chi connectivity index (χ2n) is 8.60. The van der Waals surface area contributed by atoms with Crippen LogP contribution in [0.2, 0.25) is 0 Å². The number of hydrogen-bond acceptors (Lipinski definition) is 7. The van der Waals surface area contributed by atoms with Gasteiger partial charge < -0.3 is 19.6 Å². The van der Waals surface area contributed by atoms with Crippen molar-refractivity contribution >= 4 is 23.1 Å². The fraction of sp³-hybridized carbons (Fsp3) is 0.407. The number of amides is 1. The van der Waals surface area contributed by atoms with Gasteiger partial charge in [-0.1, -0.05) is 39.3 Å². The molecule has 192 valence electrons. The number of benzene rings is 2. The lowest BCUT2D eigenvalue weighted by molar-refractivity contribution is -0.384. The number of likely N-dealkylation sites (tertiary alicyclic amines) is 1. The number of ether oxygens (including phenoxy) is 1. The summed E-state index contributed by atoms with van der Waals surface area (Å²) in [5.74, 6) is -1.24. The van der Waals surface area contributed by atoms with Crippen LogP contribution in [0.5, 0.6) is 5.75 Å². The summed E-state index contributed by atoms with van der Waals surface area (Å²) in [6, 6.07) is 11.6. The van der Waals surface area contributed by atoms with Crippen LogP contribution in [0.1, 0.15) is 50.8 Å². The number of likely N-dealkylation sites (N-methyl/N-ethyl adjacent to an activating group) is 1. The Morgan fingerprint density at radius 2 is 1.81 bits per heavy atom. The maximum atomic E-state index is 13.2. The summed E-state index contributed by atoms with van der Waals surface area (Å²) in [6.07, 6.45) is 1.86. The zero-order valence-corrected chi connectivity index (χ0v) is 21.0. The first-order valence-corrected chi connectivity index (χ1v) is 12.3. The number of ketones is 1. The lowest BCUT2D eigenvalue weighted by Crippen LogP contribution is -2.38. The van der Waals surface area contributed by atoms with Gasteiger partial charge in [-0.05, 0) is 49.3 Å². The summed E-state index contributed by atoms with van der Waals surface area (Å²) in [6.45, 7) is 9.00. The number of non-ortho nitro benzene ring substituents is 1. The number of carbonyl (C=O) groups is 2. The van der Waals surface area contributed by atoms with Crippen LogP contribution in [-0.2, 0) is 9.59 Å². The average molecular weight is 496 g/mol. The number of nitro benzene ring substituents is 1. The molecule has 0 spiro atoms.